The Hall–Kier alpha value is -1.83. The zero-order valence-corrected chi connectivity index (χ0v) is 7.05. The van der Waals surface area contributed by atoms with Gasteiger partial charge in [0.25, 0.3) is 0 Å². The zero-order valence-electron chi connectivity index (χ0n) is 7.05. The van der Waals surface area contributed by atoms with Crippen molar-refractivity contribution < 1.29 is 9.90 Å². The van der Waals surface area contributed by atoms with Gasteiger partial charge in [0, 0.05) is 5.56 Å². The van der Waals surface area contributed by atoms with Crippen molar-refractivity contribution in [1.82, 2.24) is 0 Å². The number of rotatable bonds is 3. The van der Waals surface area contributed by atoms with Gasteiger partial charge in [0.2, 0.25) is 0 Å². The fourth-order valence-corrected chi connectivity index (χ4v) is 0.897. The number of phenolic OH excluding ortho intramolecular Hbond substituents is 1. The van der Waals surface area contributed by atoms with E-state index in [1.165, 1.54) is 6.08 Å². The molecule has 1 N–H and O–H groups in total. The third-order valence-corrected chi connectivity index (χ3v) is 1.51. The summed E-state index contributed by atoms with van der Waals surface area (Å²) >= 11 is 0. The number of benzene rings is 1. The molecular weight excluding hydrogens is 164 g/mol. The molecule has 1 aromatic rings. The van der Waals surface area contributed by atoms with Crippen molar-refractivity contribution in [2.75, 3.05) is 0 Å². The van der Waals surface area contributed by atoms with E-state index in [1.54, 1.807) is 36.4 Å². The minimum absolute atomic E-state index is 0.234. The number of carbonyl (C=O) groups is 1. The summed E-state index contributed by atoms with van der Waals surface area (Å²) in [7, 11) is 0. The maximum atomic E-state index is 9.91. The lowest BCUT2D eigenvalue weighted by atomic mass is 10.2. The minimum atomic E-state index is 0.234. The number of hydrogen-bond acceptors (Lipinski definition) is 2. The Labute approximate surface area is 76.8 Å². The molecule has 0 unspecified atom stereocenters. The molecule has 0 aliphatic heterocycles. The van der Waals surface area contributed by atoms with Crippen LogP contribution in [0.2, 0.25) is 0 Å². The van der Waals surface area contributed by atoms with Crippen molar-refractivity contribution in [1.29, 1.82) is 0 Å². The molecule has 0 aromatic heterocycles. The smallest absolute Gasteiger partial charge is 0.142 e. The lowest BCUT2D eigenvalue weighted by Gasteiger charge is -1.95. The van der Waals surface area contributed by atoms with Crippen LogP contribution in [0.3, 0.4) is 0 Å². The highest BCUT2D eigenvalue weighted by Crippen LogP contribution is 2.16. The predicted molar refractivity (Wildman–Crippen MR) is 52.3 cm³/mol. The summed E-state index contributed by atoms with van der Waals surface area (Å²) in [5.41, 5.74) is 0.734. The quantitative estimate of drug-likeness (QED) is 0.433. The van der Waals surface area contributed by atoms with E-state index in [-0.39, 0.29) is 5.75 Å². The van der Waals surface area contributed by atoms with Crippen LogP contribution in [0.1, 0.15) is 5.56 Å². The first kappa shape index (κ1) is 9.26. The van der Waals surface area contributed by atoms with Crippen LogP contribution in [0, 0.1) is 0 Å². The van der Waals surface area contributed by atoms with E-state index in [2.05, 4.69) is 0 Å². The van der Waals surface area contributed by atoms with Crippen LogP contribution >= 0.6 is 0 Å². The van der Waals surface area contributed by atoms with Crippen molar-refractivity contribution >= 4 is 12.4 Å². The van der Waals surface area contributed by atoms with Crippen molar-refractivity contribution in [3.05, 3.63) is 48.1 Å². The highest BCUT2D eigenvalue weighted by molar-refractivity contribution is 5.66. The molecule has 0 aliphatic rings. The third-order valence-electron chi connectivity index (χ3n) is 1.51. The van der Waals surface area contributed by atoms with Gasteiger partial charge in [-0.1, -0.05) is 36.4 Å². The molecule has 2 heteroatoms. The number of aromatic hydroxyl groups is 1. The normalized spacial score (nSPS) is 11.1. The van der Waals surface area contributed by atoms with Crippen LogP contribution in [-0.2, 0) is 4.79 Å². The van der Waals surface area contributed by atoms with Crippen molar-refractivity contribution in [3.63, 3.8) is 0 Å². The van der Waals surface area contributed by atoms with Gasteiger partial charge in [-0.3, -0.25) is 4.79 Å². The van der Waals surface area contributed by atoms with Crippen LogP contribution in [0.15, 0.2) is 42.5 Å². The summed E-state index contributed by atoms with van der Waals surface area (Å²) in [4.78, 5) is 9.91. The number of para-hydroxylation sites is 1. The van der Waals surface area contributed by atoms with E-state index >= 15 is 0 Å². The van der Waals surface area contributed by atoms with E-state index in [1.807, 2.05) is 6.07 Å². The van der Waals surface area contributed by atoms with Gasteiger partial charge in [-0.05, 0) is 12.1 Å². The Morgan fingerprint density at radius 2 is 1.85 bits per heavy atom. The van der Waals surface area contributed by atoms with Gasteiger partial charge in [-0.2, -0.15) is 0 Å². The van der Waals surface area contributed by atoms with Crippen LogP contribution in [0.4, 0.5) is 0 Å². The Balaban J connectivity index is 2.74. The first-order chi connectivity index (χ1) is 6.34. The van der Waals surface area contributed by atoms with E-state index in [4.69, 9.17) is 0 Å². The summed E-state index contributed by atoms with van der Waals surface area (Å²) in [6, 6.07) is 7.00. The number of allylic oxidation sites excluding steroid dienone is 3. The fraction of sp³-hybridized carbons (Fsp3) is 0. The second-order valence-electron chi connectivity index (χ2n) is 2.44. The Morgan fingerprint density at radius 1 is 1.08 bits per heavy atom. The SMILES string of the molecule is O=C/C=C/C=C/c1ccccc1O. The van der Waals surface area contributed by atoms with Gasteiger partial charge in [-0.15, -0.1) is 0 Å². The molecule has 0 fully saturated rings. The van der Waals surface area contributed by atoms with Crippen molar-refractivity contribution in [2.24, 2.45) is 0 Å². The van der Waals surface area contributed by atoms with Crippen LogP contribution in [0.5, 0.6) is 5.75 Å². The number of carbonyl (C=O) groups excluding carboxylic acids is 1. The second-order valence-corrected chi connectivity index (χ2v) is 2.44. The Bertz CT molecular complexity index is 338. The molecule has 0 heterocycles. The molecule has 0 saturated heterocycles. The molecule has 0 amide bonds. The fourth-order valence-electron chi connectivity index (χ4n) is 0.897. The molecule has 0 spiro atoms. The van der Waals surface area contributed by atoms with Crippen molar-refractivity contribution in [2.45, 2.75) is 0 Å². The Morgan fingerprint density at radius 3 is 2.54 bits per heavy atom. The largest absolute Gasteiger partial charge is 0.507 e. The van der Waals surface area contributed by atoms with E-state index in [9.17, 15) is 9.90 Å². The molecule has 1 aromatic carbocycles. The molecular formula is C11H10O2. The molecule has 0 aliphatic carbocycles. The highest BCUT2D eigenvalue weighted by Gasteiger charge is 1.91. The first-order valence-corrected chi connectivity index (χ1v) is 3.91. The maximum Gasteiger partial charge on any atom is 0.142 e. The summed E-state index contributed by atoms with van der Waals surface area (Å²) in [6.07, 6.45) is 7.13. The van der Waals surface area contributed by atoms with Gasteiger partial charge < -0.3 is 5.11 Å². The standard InChI is InChI=1S/C11H10O2/c12-9-5-1-2-6-10-7-3-4-8-11(10)13/h1-9,13H/b5-1+,6-2+. The number of hydrogen-bond donors (Lipinski definition) is 1. The van der Waals surface area contributed by atoms with Crippen molar-refractivity contribution in [3.8, 4) is 5.75 Å². The van der Waals surface area contributed by atoms with E-state index in [0.29, 0.717) is 6.29 Å². The van der Waals surface area contributed by atoms with E-state index in [0.717, 1.165) is 5.56 Å². The Kier molecular flexibility index (Phi) is 3.51. The molecule has 0 radical (unpaired) electrons. The summed E-state index contributed by atoms with van der Waals surface area (Å²) in [6.45, 7) is 0. The molecule has 0 saturated carbocycles. The molecule has 0 atom stereocenters. The minimum Gasteiger partial charge on any atom is -0.507 e. The van der Waals surface area contributed by atoms with Gasteiger partial charge >= 0.3 is 0 Å². The highest BCUT2D eigenvalue weighted by atomic mass is 16.3. The average molecular weight is 174 g/mol. The number of phenols is 1. The number of aldehydes is 1. The molecule has 13 heavy (non-hydrogen) atoms. The lowest BCUT2D eigenvalue weighted by molar-refractivity contribution is -0.104. The third kappa shape index (κ3) is 2.95. The van der Waals surface area contributed by atoms with Gasteiger partial charge in [0.15, 0.2) is 0 Å². The molecule has 66 valence electrons. The lowest BCUT2D eigenvalue weighted by Crippen LogP contribution is -1.71. The zero-order chi connectivity index (χ0) is 9.52. The molecule has 2 nitrogen and oxygen atoms in total. The first-order valence-electron chi connectivity index (χ1n) is 3.91. The summed E-state index contributed by atoms with van der Waals surface area (Å²) in [5.74, 6) is 0.234. The van der Waals surface area contributed by atoms with Crippen LogP contribution in [-0.4, -0.2) is 11.4 Å². The average Bonchev–Trinajstić information content (AvgIpc) is 2.15. The van der Waals surface area contributed by atoms with Gasteiger partial charge in [0.05, 0.1) is 0 Å². The van der Waals surface area contributed by atoms with Gasteiger partial charge in [0.1, 0.15) is 12.0 Å². The summed E-state index contributed by atoms with van der Waals surface area (Å²) in [5, 5.41) is 9.32. The molecule has 1 rings (SSSR count). The molecule has 0 bridgehead atoms. The summed E-state index contributed by atoms with van der Waals surface area (Å²) < 4.78 is 0. The second kappa shape index (κ2) is 4.93. The predicted octanol–water partition coefficient (Wildman–Crippen LogP) is 2.16. The van der Waals surface area contributed by atoms with E-state index < -0.39 is 0 Å². The van der Waals surface area contributed by atoms with Gasteiger partial charge in [-0.25, -0.2) is 0 Å². The maximum absolute atomic E-state index is 9.91. The van der Waals surface area contributed by atoms with Crippen LogP contribution in [0.25, 0.3) is 6.08 Å². The van der Waals surface area contributed by atoms with Crippen LogP contribution < -0.4 is 0 Å². The topological polar surface area (TPSA) is 37.3 Å². The monoisotopic (exact) mass is 174 g/mol.